The second-order valence-electron chi connectivity index (χ2n) is 29.1. The predicted octanol–water partition coefficient (Wildman–Crippen LogP) is 28.9. The summed E-state index contributed by atoms with van der Waals surface area (Å²) in [7, 11) is 1.47. The van der Waals surface area contributed by atoms with Crippen molar-refractivity contribution < 1.29 is 42.1 Å². The van der Waals surface area contributed by atoms with Gasteiger partial charge in [0.15, 0.2) is 6.10 Å². The molecule has 0 heterocycles. The maximum Gasteiger partial charge on any atom is 0.472 e. The van der Waals surface area contributed by atoms with Crippen molar-refractivity contribution in [3.8, 4) is 0 Å². The van der Waals surface area contributed by atoms with Crippen molar-refractivity contribution in [2.24, 2.45) is 0 Å². The molecule has 104 heavy (non-hydrogen) atoms. The van der Waals surface area contributed by atoms with Gasteiger partial charge in [-0.05, 0) is 135 Å². The van der Waals surface area contributed by atoms with Crippen molar-refractivity contribution in [1.29, 1.82) is 0 Å². The largest absolute Gasteiger partial charge is 0.472 e. The summed E-state index contributed by atoms with van der Waals surface area (Å²) in [5, 5.41) is 0. The van der Waals surface area contributed by atoms with E-state index >= 15 is 0 Å². The number of phosphoric ester groups is 1. The summed E-state index contributed by atoms with van der Waals surface area (Å²) in [5.74, 6) is -0.794. The van der Waals surface area contributed by atoms with E-state index in [1.807, 2.05) is 21.1 Å². The third kappa shape index (κ3) is 86.0. The highest BCUT2D eigenvalue weighted by Gasteiger charge is 2.27. The van der Waals surface area contributed by atoms with E-state index in [2.05, 4.69) is 196 Å². The lowest BCUT2D eigenvalue weighted by Gasteiger charge is -2.24. The Kier molecular flexibility index (Phi) is 78.3. The Hall–Kier alpha value is -4.89. The van der Waals surface area contributed by atoms with Crippen LogP contribution in [0.1, 0.15) is 348 Å². The van der Waals surface area contributed by atoms with Crippen LogP contribution >= 0.6 is 7.82 Å². The van der Waals surface area contributed by atoms with Crippen LogP contribution in [0.2, 0.25) is 0 Å². The zero-order valence-electron chi connectivity index (χ0n) is 67.7. The number of ether oxygens (including phenoxy) is 2. The Balaban J connectivity index is 3.98. The van der Waals surface area contributed by atoms with Gasteiger partial charge >= 0.3 is 19.8 Å². The highest BCUT2D eigenvalue weighted by molar-refractivity contribution is 7.47. The maximum absolute atomic E-state index is 12.9. The SMILES string of the molecule is CC/C=C\C/C=C\C/C=C\C/C=C\C/C=C\C/C=C\C/C=C\C/C=C\C/C=C\CCCCCCCCCCCCCCCC(=O)OC(COC(=O)CCCCCCCCCCCCCCCCCCCCCC/C=C\C/C=C\C/C=C\C/C=C\C/C=C\C/C=C\CC)COP(=O)(O)OCC[N+](C)(C)C. The fourth-order valence-corrected chi connectivity index (χ4v) is 12.3. The summed E-state index contributed by atoms with van der Waals surface area (Å²) in [6.07, 6.45) is 126. The third-order valence-corrected chi connectivity index (χ3v) is 18.9. The van der Waals surface area contributed by atoms with Gasteiger partial charge in [-0.3, -0.25) is 18.6 Å². The summed E-state index contributed by atoms with van der Waals surface area (Å²) >= 11 is 0. The number of unbranched alkanes of at least 4 members (excludes halogenated alkanes) is 33. The zero-order valence-corrected chi connectivity index (χ0v) is 68.6. The van der Waals surface area contributed by atoms with E-state index in [1.54, 1.807) is 0 Å². The van der Waals surface area contributed by atoms with E-state index in [4.69, 9.17) is 18.5 Å². The zero-order chi connectivity index (χ0) is 75.4. The molecule has 0 fully saturated rings. The second-order valence-corrected chi connectivity index (χ2v) is 30.6. The fourth-order valence-electron chi connectivity index (χ4n) is 11.5. The monoisotopic (exact) mass is 1460 g/mol. The Labute approximate surface area is 641 Å². The molecule has 0 spiro atoms. The van der Waals surface area contributed by atoms with Gasteiger partial charge in [0, 0.05) is 12.8 Å². The molecule has 0 aliphatic rings. The molecule has 0 aliphatic carbocycles. The molecule has 9 nitrogen and oxygen atoms in total. The van der Waals surface area contributed by atoms with Gasteiger partial charge in [-0.1, -0.05) is 382 Å². The van der Waals surface area contributed by atoms with Gasteiger partial charge in [0.25, 0.3) is 0 Å². The summed E-state index contributed by atoms with van der Waals surface area (Å²) in [6.45, 7) is 4.22. The first-order valence-corrected chi connectivity index (χ1v) is 44.0. The lowest BCUT2D eigenvalue weighted by atomic mass is 10.0. The van der Waals surface area contributed by atoms with Crippen molar-refractivity contribution in [1.82, 2.24) is 0 Å². The Morgan fingerprint density at radius 1 is 0.298 bits per heavy atom. The first kappa shape index (κ1) is 99.1. The number of esters is 2. The number of allylic oxidation sites excluding steroid dienone is 30. The average Bonchev–Trinajstić information content (AvgIpc) is 0.920. The lowest BCUT2D eigenvalue weighted by molar-refractivity contribution is -0.870. The third-order valence-electron chi connectivity index (χ3n) is 17.9. The van der Waals surface area contributed by atoms with Gasteiger partial charge < -0.3 is 18.9 Å². The fraction of sp³-hybridized carbons (Fsp3) is 0.660. The number of nitrogens with zero attached hydrogens (tertiary/aromatic N) is 1. The summed E-state index contributed by atoms with van der Waals surface area (Å²) in [4.78, 5) is 36.0. The minimum absolute atomic E-state index is 0.0263. The predicted molar refractivity (Wildman–Crippen MR) is 454 cm³/mol. The molecule has 0 aromatic carbocycles. The Morgan fingerprint density at radius 3 is 0.769 bits per heavy atom. The van der Waals surface area contributed by atoms with E-state index in [-0.39, 0.29) is 32.0 Å². The van der Waals surface area contributed by atoms with Crippen LogP contribution in [0.15, 0.2) is 182 Å². The summed E-state index contributed by atoms with van der Waals surface area (Å²) < 4.78 is 34.9. The van der Waals surface area contributed by atoms with Crippen molar-refractivity contribution in [2.75, 3.05) is 47.5 Å². The van der Waals surface area contributed by atoms with E-state index in [9.17, 15) is 19.0 Å². The van der Waals surface area contributed by atoms with E-state index < -0.39 is 26.5 Å². The molecule has 0 radical (unpaired) electrons. The number of carbonyl (C=O) groups excluding carboxylic acids is 2. The Bertz CT molecular complexity index is 2420. The van der Waals surface area contributed by atoms with Crippen LogP contribution in [-0.4, -0.2) is 74.9 Å². The van der Waals surface area contributed by atoms with Crippen molar-refractivity contribution >= 4 is 19.8 Å². The highest BCUT2D eigenvalue weighted by Crippen LogP contribution is 2.43. The molecular weight excluding hydrogens is 1300 g/mol. The number of carbonyl (C=O) groups is 2. The molecule has 0 saturated carbocycles. The standard InChI is InChI=1S/C94H158NO8P/c1-6-8-10-12-14-16-18-20-22-24-26-28-30-32-34-36-38-40-42-44-46-47-49-51-53-55-57-59-61-63-65-67-69-71-73-75-77-79-81-83-85-87-94(97)103-92(91-102-104(98,99)101-89-88-95(3,4)5)90-100-93(96)86-84-82-80-78-76-74-72-70-68-66-64-62-60-58-56-54-52-50-48-45-43-41-39-37-35-33-31-29-27-25-23-21-19-17-15-13-11-9-7-2/h8-11,14-17,20-23,26-29,32-35,38-41,44,46,49,51,55,57,92H,6-7,12-13,18-19,24-25,30-31,36-37,42-43,45,47-48,50,52-54,56,58-91H2,1-5H3/p+1/b10-8-,11-9-,16-14-,17-15-,22-20-,23-21-,28-26-,29-27-,34-32-,35-33-,40-38-,41-39-,46-44-,51-49-,57-55-. The van der Waals surface area contributed by atoms with Crippen LogP contribution < -0.4 is 0 Å². The molecule has 0 rings (SSSR count). The number of rotatable bonds is 77. The van der Waals surface area contributed by atoms with Crippen molar-refractivity contribution in [2.45, 2.75) is 354 Å². The molecule has 0 aromatic rings. The minimum Gasteiger partial charge on any atom is -0.462 e. The Morgan fingerprint density at radius 2 is 0.519 bits per heavy atom. The van der Waals surface area contributed by atoms with Crippen LogP contribution in [0.3, 0.4) is 0 Å². The number of hydrogen-bond donors (Lipinski definition) is 1. The first-order valence-electron chi connectivity index (χ1n) is 42.5. The maximum atomic E-state index is 12.9. The highest BCUT2D eigenvalue weighted by atomic mass is 31.2. The summed E-state index contributed by atoms with van der Waals surface area (Å²) in [5.41, 5.74) is 0. The minimum atomic E-state index is -4.41. The van der Waals surface area contributed by atoms with Gasteiger partial charge in [-0.15, -0.1) is 0 Å². The first-order chi connectivity index (χ1) is 51.0. The molecule has 2 unspecified atom stereocenters. The van der Waals surface area contributed by atoms with Crippen LogP contribution in [0.4, 0.5) is 0 Å². The van der Waals surface area contributed by atoms with Gasteiger partial charge in [0.1, 0.15) is 19.8 Å². The number of hydrogen-bond acceptors (Lipinski definition) is 7. The topological polar surface area (TPSA) is 108 Å². The quantitative estimate of drug-likeness (QED) is 0.0211. The van der Waals surface area contributed by atoms with Crippen LogP contribution in [0, 0.1) is 0 Å². The van der Waals surface area contributed by atoms with Gasteiger partial charge in [-0.25, -0.2) is 4.57 Å². The average molecular weight is 1460 g/mol. The van der Waals surface area contributed by atoms with Crippen LogP contribution in [-0.2, 0) is 32.7 Å². The molecule has 1 N–H and O–H groups in total. The number of quaternary nitrogens is 1. The van der Waals surface area contributed by atoms with E-state index in [0.29, 0.717) is 17.4 Å². The number of likely N-dealkylation sites (N-methyl/N-ethyl adjacent to an activating group) is 1. The van der Waals surface area contributed by atoms with Crippen molar-refractivity contribution in [3.63, 3.8) is 0 Å². The molecule has 2 atom stereocenters. The summed E-state index contributed by atoms with van der Waals surface area (Å²) in [6, 6.07) is 0. The van der Waals surface area contributed by atoms with Gasteiger partial charge in [0.05, 0.1) is 27.7 Å². The smallest absolute Gasteiger partial charge is 0.462 e. The lowest BCUT2D eigenvalue weighted by Crippen LogP contribution is -2.37. The number of phosphoric acid groups is 1. The molecule has 592 valence electrons. The molecular formula is C94H159NO8P+. The van der Waals surface area contributed by atoms with Gasteiger partial charge in [0.2, 0.25) is 0 Å². The second kappa shape index (κ2) is 82.2. The normalized spacial score (nSPS) is 13.9. The van der Waals surface area contributed by atoms with Crippen LogP contribution in [0.5, 0.6) is 0 Å². The molecule has 0 amide bonds. The molecule has 0 aliphatic heterocycles. The molecule has 0 saturated heterocycles. The van der Waals surface area contributed by atoms with E-state index in [0.717, 1.165) is 135 Å². The molecule has 0 aromatic heterocycles. The molecule has 10 heteroatoms. The molecule has 0 bridgehead atoms. The van der Waals surface area contributed by atoms with Crippen molar-refractivity contribution in [3.05, 3.63) is 182 Å². The van der Waals surface area contributed by atoms with Gasteiger partial charge in [-0.2, -0.15) is 0 Å². The van der Waals surface area contributed by atoms with Crippen LogP contribution in [0.25, 0.3) is 0 Å². The van der Waals surface area contributed by atoms with E-state index in [1.165, 1.54) is 180 Å².